The third kappa shape index (κ3) is 4.39. The Morgan fingerprint density at radius 2 is 1.57 bits per heavy atom. The van der Waals surface area contributed by atoms with E-state index < -0.39 is 11.8 Å². The van der Waals surface area contributed by atoms with Crippen molar-refractivity contribution >= 4 is 23.4 Å². The minimum absolute atomic E-state index is 0.129. The molecule has 0 bridgehead atoms. The lowest BCUT2D eigenvalue weighted by atomic mass is 10.1. The van der Waals surface area contributed by atoms with Crippen molar-refractivity contribution in [3.63, 3.8) is 0 Å². The van der Waals surface area contributed by atoms with E-state index in [0.717, 1.165) is 22.3 Å². The molecule has 3 rings (SSSR count). The fourth-order valence-corrected chi connectivity index (χ4v) is 3.20. The van der Waals surface area contributed by atoms with Crippen molar-refractivity contribution in [2.45, 2.75) is 27.3 Å². The summed E-state index contributed by atoms with van der Waals surface area (Å²) in [5, 5.41) is 2.79. The number of hydrogen-bond acceptors (Lipinski definition) is 3. The van der Waals surface area contributed by atoms with Gasteiger partial charge >= 0.3 is 11.8 Å². The van der Waals surface area contributed by atoms with Crippen LogP contribution < -0.4 is 5.32 Å². The SMILES string of the molecule is Cc1ccc(NC(=O)CN2CCN(Cc3ccccc3C)C(=O)C2=O)cc1C. The predicted octanol–water partition coefficient (Wildman–Crippen LogP) is 2.42. The number of rotatable bonds is 5. The molecule has 0 saturated carbocycles. The van der Waals surface area contributed by atoms with Crippen LogP contribution in [-0.2, 0) is 20.9 Å². The lowest BCUT2D eigenvalue weighted by Gasteiger charge is -2.33. The second kappa shape index (κ2) is 8.25. The van der Waals surface area contributed by atoms with Crippen LogP contribution in [0.25, 0.3) is 0 Å². The Morgan fingerprint density at radius 1 is 0.893 bits per heavy atom. The number of nitrogens with zero attached hydrogens (tertiary/aromatic N) is 2. The van der Waals surface area contributed by atoms with Gasteiger partial charge in [0.2, 0.25) is 5.91 Å². The summed E-state index contributed by atoms with van der Waals surface area (Å²) in [4.78, 5) is 40.1. The van der Waals surface area contributed by atoms with E-state index in [1.807, 2.05) is 63.2 Å². The lowest BCUT2D eigenvalue weighted by Crippen LogP contribution is -2.55. The second-order valence-electron chi connectivity index (χ2n) is 7.23. The molecule has 1 aliphatic heterocycles. The molecule has 146 valence electrons. The average molecular weight is 379 g/mol. The molecule has 3 amide bonds. The predicted molar refractivity (Wildman–Crippen MR) is 108 cm³/mol. The first-order chi connectivity index (χ1) is 13.3. The smallest absolute Gasteiger partial charge is 0.312 e. The van der Waals surface area contributed by atoms with Gasteiger partial charge in [-0.3, -0.25) is 14.4 Å². The van der Waals surface area contributed by atoms with Gasteiger partial charge in [-0.05, 0) is 55.2 Å². The molecule has 0 radical (unpaired) electrons. The van der Waals surface area contributed by atoms with Gasteiger partial charge in [-0.2, -0.15) is 0 Å². The highest BCUT2D eigenvalue weighted by Gasteiger charge is 2.33. The molecule has 0 aliphatic carbocycles. The standard InChI is InChI=1S/C22H25N3O3/c1-15-8-9-19(12-17(15)3)23-20(26)14-25-11-10-24(21(27)22(25)28)13-18-7-5-4-6-16(18)2/h4-9,12H,10-11,13-14H2,1-3H3,(H,23,26). The topological polar surface area (TPSA) is 69.7 Å². The zero-order chi connectivity index (χ0) is 20.3. The highest BCUT2D eigenvalue weighted by molar-refractivity contribution is 6.35. The summed E-state index contributed by atoms with van der Waals surface area (Å²) in [6.45, 7) is 6.99. The Balaban J connectivity index is 1.59. The van der Waals surface area contributed by atoms with Gasteiger partial charge in [0.05, 0.1) is 0 Å². The number of anilines is 1. The average Bonchev–Trinajstić information content (AvgIpc) is 2.66. The molecule has 0 aromatic heterocycles. The Hall–Kier alpha value is -3.15. The largest absolute Gasteiger partial charge is 0.328 e. The molecule has 6 heteroatoms. The quantitative estimate of drug-likeness (QED) is 0.811. The Kier molecular flexibility index (Phi) is 5.78. The lowest BCUT2D eigenvalue weighted by molar-refractivity contribution is -0.157. The number of amides is 3. The van der Waals surface area contributed by atoms with Crippen molar-refractivity contribution in [2.24, 2.45) is 0 Å². The van der Waals surface area contributed by atoms with Crippen molar-refractivity contribution in [3.05, 3.63) is 64.7 Å². The van der Waals surface area contributed by atoms with Gasteiger partial charge in [0, 0.05) is 25.3 Å². The summed E-state index contributed by atoms with van der Waals surface area (Å²) < 4.78 is 0. The molecule has 1 fully saturated rings. The third-order valence-corrected chi connectivity index (χ3v) is 5.14. The zero-order valence-corrected chi connectivity index (χ0v) is 16.5. The van der Waals surface area contributed by atoms with Gasteiger partial charge in [0.15, 0.2) is 0 Å². The molecule has 1 saturated heterocycles. The van der Waals surface area contributed by atoms with E-state index in [1.165, 1.54) is 4.90 Å². The van der Waals surface area contributed by atoms with Gasteiger partial charge < -0.3 is 15.1 Å². The first-order valence-electron chi connectivity index (χ1n) is 9.35. The Labute approximate surface area is 165 Å². The van der Waals surface area contributed by atoms with Crippen LogP contribution in [0.1, 0.15) is 22.3 Å². The summed E-state index contributed by atoms with van der Waals surface area (Å²) >= 11 is 0. The molecule has 0 atom stereocenters. The molecule has 0 unspecified atom stereocenters. The first-order valence-corrected chi connectivity index (χ1v) is 9.35. The first kappa shape index (κ1) is 19.6. The van der Waals surface area contributed by atoms with E-state index in [-0.39, 0.29) is 12.5 Å². The van der Waals surface area contributed by atoms with Crippen molar-refractivity contribution < 1.29 is 14.4 Å². The number of benzene rings is 2. The van der Waals surface area contributed by atoms with Crippen LogP contribution >= 0.6 is 0 Å². The Bertz CT molecular complexity index is 923. The zero-order valence-electron chi connectivity index (χ0n) is 16.5. The van der Waals surface area contributed by atoms with E-state index in [2.05, 4.69) is 5.32 Å². The van der Waals surface area contributed by atoms with Crippen molar-refractivity contribution in [1.82, 2.24) is 9.80 Å². The normalized spacial score (nSPS) is 14.4. The molecule has 1 heterocycles. The monoisotopic (exact) mass is 379 g/mol. The maximum Gasteiger partial charge on any atom is 0.312 e. The van der Waals surface area contributed by atoms with E-state index in [9.17, 15) is 14.4 Å². The molecular weight excluding hydrogens is 354 g/mol. The van der Waals surface area contributed by atoms with Crippen LogP contribution in [-0.4, -0.2) is 47.2 Å². The molecule has 1 N–H and O–H groups in total. The van der Waals surface area contributed by atoms with E-state index in [1.54, 1.807) is 4.90 Å². The van der Waals surface area contributed by atoms with Crippen LogP contribution in [0.5, 0.6) is 0 Å². The fourth-order valence-electron chi connectivity index (χ4n) is 3.20. The van der Waals surface area contributed by atoms with Gasteiger partial charge in [-0.25, -0.2) is 0 Å². The minimum atomic E-state index is -0.630. The van der Waals surface area contributed by atoms with Gasteiger partial charge in [-0.1, -0.05) is 30.3 Å². The summed E-state index contributed by atoms with van der Waals surface area (Å²) in [6.07, 6.45) is 0. The van der Waals surface area contributed by atoms with Crippen molar-refractivity contribution in [2.75, 3.05) is 25.0 Å². The molecule has 1 aliphatic rings. The summed E-state index contributed by atoms with van der Waals surface area (Å²) in [5.41, 5.74) is 5.00. The number of aryl methyl sites for hydroxylation is 3. The minimum Gasteiger partial charge on any atom is -0.328 e. The van der Waals surface area contributed by atoms with Crippen LogP contribution in [0, 0.1) is 20.8 Å². The third-order valence-electron chi connectivity index (χ3n) is 5.14. The fraction of sp³-hybridized carbons (Fsp3) is 0.318. The Morgan fingerprint density at radius 3 is 2.29 bits per heavy atom. The maximum atomic E-state index is 12.5. The van der Waals surface area contributed by atoms with Gasteiger partial charge in [0.1, 0.15) is 6.54 Å². The van der Waals surface area contributed by atoms with Gasteiger partial charge in [-0.15, -0.1) is 0 Å². The molecule has 28 heavy (non-hydrogen) atoms. The van der Waals surface area contributed by atoms with Crippen molar-refractivity contribution in [1.29, 1.82) is 0 Å². The van der Waals surface area contributed by atoms with Crippen LogP contribution in [0.3, 0.4) is 0 Å². The van der Waals surface area contributed by atoms with Gasteiger partial charge in [0.25, 0.3) is 0 Å². The molecule has 2 aromatic rings. The summed E-state index contributed by atoms with van der Waals surface area (Å²) in [7, 11) is 0. The number of nitrogens with one attached hydrogen (secondary N) is 1. The van der Waals surface area contributed by atoms with Crippen LogP contribution in [0.15, 0.2) is 42.5 Å². The maximum absolute atomic E-state index is 12.5. The number of piperazine rings is 1. The molecule has 6 nitrogen and oxygen atoms in total. The van der Waals surface area contributed by atoms with E-state index in [0.29, 0.717) is 25.3 Å². The number of hydrogen-bond donors (Lipinski definition) is 1. The second-order valence-corrected chi connectivity index (χ2v) is 7.23. The summed E-state index contributed by atoms with van der Waals surface area (Å²) in [6, 6.07) is 13.4. The highest BCUT2D eigenvalue weighted by Crippen LogP contribution is 2.16. The van der Waals surface area contributed by atoms with Crippen molar-refractivity contribution in [3.8, 4) is 0 Å². The number of carbonyl (C=O) groups excluding carboxylic acids is 3. The van der Waals surface area contributed by atoms with E-state index in [4.69, 9.17) is 0 Å². The molecule has 2 aromatic carbocycles. The highest BCUT2D eigenvalue weighted by atomic mass is 16.2. The molecular formula is C22H25N3O3. The molecule has 0 spiro atoms. The van der Waals surface area contributed by atoms with E-state index >= 15 is 0 Å². The van der Waals surface area contributed by atoms with Crippen LogP contribution in [0.4, 0.5) is 5.69 Å². The van der Waals surface area contributed by atoms with Crippen LogP contribution in [0.2, 0.25) is 0 Å². The number of carbonyl (C=O) groups is 3. The summed E-state index contributed by atoms with van der Waals surface area (Å²) in [5.74, 6) is -1.50.